The number of carbonyl (C=O) groups is 1. The molecule has 0 fully saturated rings. The summed E-state index contributed by atoms with van der Waals surface area (Å²) in [5.41, 5.74) is 1.17. The van der Waals surface area contributed by atoms with Gasteiger partial charge in [0, 0.05) is 11.9 Å². The number of rotatable bonds is 0. The van der Waals surface area contributed by atoms with Gasteiger partial charge in [0.15, 0.2) is 5.78 Å². The first-order valence-electron chi connectivity index (χ1n) is 4.22. The number of Topliss-reactive ketones (excluding diaryl/α,β-unsaturated/α-hetero) is 1. The molecule has 0 atom stereocenters. The molecule has 1 heterocycles. The summed E-state index contributed by atoms with van der Waals surface area (Å²) in [5.74, 6) is 0.894. The third-order valence-corrected chi connectivity index (χ3v) is 3.20. The fraction of sp³-hybridized carbons (Fsp3) is 0.300. The van der Waals surface area contributed by atoms with Crippen molar-refractivity contribution in [1.29, 1.82) is 0 Å². The largest absolute Gasteiger partial charge is 0.366 e. The fourth-order valence-electron chi connectivity index (χ4n) is 1.45. The van der Waals surface area contributed by atoms with Crippen LogP contribution >= 0.6 is 11.8 Å². The summed E-state index contributed by atoms with van der Waals surface area (Å²) >= 11 is 1.63. The molecule has 1 aliphatic heterocycles. The Morgan fingerprint density at radius 1 is 1.38 bits per heavy atom. The van der Waals surface area contributed by atoms with Gasteiger partial charge in [0.2, 0.25) is 0 Å². The van der Waals surface area contributed by atoms with Crippen molar-refractivity contribution in [3.05, 3.63) is 24.3 Å². The number of likely N-dealkylation sites (N-methyl/N-ethyl adjacent to an activating group) is 1. The number of hydrogen-bond donors (Lipinski definition) is 0. The molecule has 0 unspecified atom stereocenters. The van der Waals surface area contributed by atoms with Crippen molar-refractivity contribution in [2.75, 3.05) is 24.2 Å². The van der Waals surface area contributed by atoms with Crippen molar-refractivity contribution < 1.29 is 4.79 Å². The molecule has 0 saturated heterocycles. The summed E-state index contributed by atoms with van der Waals surface area (Å²) in [5, 5.41) is 0. The monoisotopic (exact) mass is 193 g/mol. The number of carbonyl (C=O) groups excluding carboxylic acids is 1. The van der Waals surface area contributed by atoms with Crippen LogP contribution in [0, 0.1) is 0 Å². The van der Waals surface area contributed by atoms with Gasteiger partial charge in [-0.05, 0) is 12.1 Å². The molecular weight excluding hydrogens is 182 g/mol. The maximum atomic E-state index is 11.3. The molecular formula is C10H11NOS. The number of ketones is 1. The van der Waals surface area contributed by atoms with Gasteiger partial charge in [-0.1, -0.05) is 12.1 Å². The van der Waals surface area contributed by atoms with E-state index in [-0.39, 0.29) is 0 Å². The predicted octanol–water partition coefficient (Wildman–Crippen LogP) is 1.80. The smallest absolute Gasteiger partial charge is 0.162 e. The van der Waals surface area contributed by atoms with Crippen LogP contribution in [0.1, 0.15) is 0 Å². The summed E-state index contributed by atoms with van der Waals surface area (Å²) < 4.78 is 0. The highest BCUT2D eigenvalue weighted by atomic mass is 32.2. The molecule has 0 aromatic heterocycles. The van der Waals surface area contributed by atoms with Gasteiger partial charge in [0.1, 0.15) is 0 Å². The average Bonchev–Trinajstić information content (AvgIpc) is 2.27. The number of hydrogen-bond acceptors (Lipinski definition) is 3. The number of nitrogens with zero attached hydrogens (tertiary/aromatic N) is 1. The molecule has 0 spiro atoms. The number of thioether (sulfide) groups is 1. The summed E-state index contributed by atoms with van der Waals surface area (Å²) in [6, 6.07) is 8.14. The van der Waals surface area contributed by atoms with E-state index in [2.05, 4.69) is 12.1 Å². The highest BCUT2D eigenvalue weighted by molar-refractivity contribution is 8.00. The summed E-state index contributed by atoms with van der Waals surface area (Å²) in [4.78, 5) is 14.5. The fourth-order valence-corrected chi connectivity index (χ4v) is 2.40. The summed E-state index contributed by atoms with van der Waals surface area (Å²) in [7, 11) is 1.96. The minimum atomic E-state index is 0.295. The standard InChI is InChI=1S/C10H11NOS/c1-11-6-8(12)7-13-10-5-3-2-4-9(10)11/h2-5H,6-7H2,1H3. The minimum Gasteiger partial charge on any atom is -0.366 e. The Balaban J connectivity index is 2.40. The molecule has 2 nitrogen and oxygen atoms in total. The first-order chi connectivity index (χ1) is 6.27. The second-order valence-electron chi connectivity index (χ2n) is 3.15. The van der Waals surface area contributed by atoms with Gasteiger partial charge in [0.25, 0.3) is 0 Å². The predicted molar refractivity (Wildman–Crippen MR) is 55.4 cm³/mol. The van der Waals surface area contributed by atoms with Crippen molar-refractivity contribution >= 4 is 23.2 Å². The Morgan fingerprint density at radius 3 is 3.00 bits per heavy atom. The molecule has 0 bridgehead atoms. The second kappa shape index (κ2) is 3.42. The van der Waals surface area contributed by atoms with Crippen LogP contribution < -0.4 is 4.90 Å². The molecule has 0 saturated carbocycles. The van der Waals surface area contributed by atoms with E-state index in [0.29, 0.717) is 18.1 Å². The number of benzene rings is 1. The van der Waals surface area contributed by atoms with Crippen molar-refractivity contribution in [3.63, 3.8) is 0 Å². The van der Waals surface area contributed by atoms with Gasteiger partial charge in [-0.2, -0.15) is 0 Å². The Morgan fingerprint density at radius 2 is 2.15 bits per heavy atom. The maximum absolute atomic E-state index is 11.3. The number of fused-ring (bicyclic) bond motifs is 1. The molecule has 0 N–H and O–H groups in total. The number of anilines is 1. The van der Waals surface area contributed by atoms with Crippen molar-refractivity contribution in [2.45, 2.75) is 4.90 Å². The van der Waals surface area contributed by atoms with Gasteiger partial charge in [0.05, 0.1) is 18.0 Å². The Kier molecular flexibility index (Phi) is 2.27. The lowest BCUT2D eigenvalue weighted by Crippen LogP contribution is -2.24. The zero-order valence-electron chi connectivity index (χ0n) is 7.49. The number of para-hydroxylation sites is 1. The zero-order chi connectivity index (χ0) is 9.26. The van der Waals surface area contributed by atoms with E-state index in [1.54, 1.807) is 11.8 Å². The van der Waals surface area contributed by atoms with Gasteiger partial charge in [-0.3, -0.25) is 4.79 Å². The Labute approximate surface area is 81.9 Å². The third kappa shape index (κ3) is 1.70. The lowest BCUT2D eigenvalue weighted by atomic mass is 10.3. The maximum Gasteiger partial charge on any atom is 0.162 e. The van der Waals surface area contributed by atoms with Crippen LogP contribution in [0.15, 0.2) is 29.2 Å². The van der Waals surface area contributed by atoms with Gasteiger partial charge in [-0.25, -0.2) is 0 Å². The third-order valence-electron chi connectivity index (χ3n) is 2.08. The molecule has 1 aromatic rings. The molecule has 0 radical (unpaired) electrons. The van der Waals surface area contributed by atoms with Crippen LogP contribution in [0.3, 0.4) is 0 Å². The lowest BCUT2D eigenvalue weighted by molar-refractivity contribution is -0.115. The summed E-state index contributed by atoms with van der Waals surface area (Å²) in [6.07, 6.45) is 0. The van der Waals surface area contributed by atoms with Crippen LogP contribution in [-0.2, 0) is 4.79 Å². The van der Waals surface area contributed by atoms with E-state index < -0.39 is 0 Å². The van der Waals surface area contributed by atoms with Crippen LogP contribution in [-0.4, -0.2) is 25.1 Å². The Hall–Kier alpha value is -0.960. The van der Waals surface area contributed by atoms with Crippen LogP contribution in [0.5, 0.6) is 0 Å². The molecule has 3 heteroatoms. The minimum absolute atomic E-state index is 0.295. The second-order valence-corrected chi connectivity index (χ2v) is 4.17. The molecule has 68 valence electrons. The van der Waals surface area contributed by atoms with E-state index in [4.69, 9.17) is 0 Å². The van der Waals surface area contributed by atoms with Crippen molar-refractivity contribution in [2.24, 2.45) is 0 Å². The first kappa shape index (κ1) is 8.63. The molecule has 1 aliphatic rings. The van der Waals surface area contributed by atoms with Crippen LogP contribution in [0.25, 0.3) is 0 Å². The van der Waals surface area contributed by atoms with E-state index in [0.717, 1.165) is 0 Å². The van der Waals surface area contributed by atoms with Gasteiger partial charge >= 0.3 is 0 Å². The van der Waals surface area contributed by atoms with Crippen molar-refractivity contribution in [1.82, 2.24) is 0 Å². The Bertz CT molecular complexity index is 337. The molecule has 1 aromatic carbocycles. The van der Waals surface area contributed by atoms with Crippen LogP contribution in [0.2, 0.25) is 0 Å². The quantitative estimate of drug-likeness (QED) is 0.626. The molecule has 0 amide bonds. The van der Waals surface area contributed by atoms with Gasteiger partial charge < -0.3 is 4.90 Å². The van der Waals surface area contributed by atoms with Crippen molar-refractivity contribution in [3.8, 4) is 0 Å². The zero-order valence-corrected chi connectivity index (χ0v) is 8.30. The molecule has 13 heavy (non-hydrogen) atoms. The van der Waals surface area contributed by atoms with Gasteiger partial charge in [-0.15, -0.1) is 11.8 Å². The SMILES string of the molecule is CN1CC(=O)CSc2ccccc21. The van der Waals surface area contributed by atoms with E-state index in [1.165, 1.54) is 10.6 Å². The average molecular weight is 193 g/mol. The van der Waals surface area contributed by atoms with Crippen LogP contribution in [0.4, 0.5) is 5.69 Å². The van der Waals surface area contributed by atoms with E-state index in [9.17, 15) is 4.79 Å². The highest BCUT2D eigenvalue weighted by Crippen LogP contribution is 2.31. The summed E-state index contributed by atoms with van der Waals surface area (Å²) in [6.45, 7) is 0.532. The normalized spacial score (nSPS) is 16.7. The topological polar surface area (TPSA) is 20.3 Å². The molecule has 2 rings (SSSR count). The first-order valence-corrected chi connectivity index (χ1v) is 5.20. The van der Waals surface area contributed by atoms with E-state index >= 15 is 0 Å². The molecule has 0 aliphatic carbocycles. The lowest BCUT2D eigenvalue weighted by Gasteiger charge is -2.17. The highest BCUT2D eigenvalue weighted by Gasteiger charge is 2.16. The van der Waals surface area contributed by atoms with E-state index in [1.807, 2.05) is 24.1 Å².